The van der Waals surface area contributed by atoms with E-state index in [0.29, 0.717) is 0 Å². The maximum atomic E-state index is 10.6. The minimum atomic E-state index is -0.468. The smallest absolute Gasteiger partial charge is 0.266 e. The predicted molar refractivity (Wildman–Crippen MR) is 37.9 cm³/mol. The Morgan fingerprint density at radius 3 is 2.30 bits per heavy atom. The summed E-state index contributed by atoms with van der Waals surface area (Å²) in [6.07, 6.45) is 3.67. The van der Waals surface area contributed by atoms with E-state index in [1.807, 2.05) is 5.43 Å². The minimum Gasteiger partial charge on any atom is -0.405 e. The topological polar surface area (TPSA) is 107 Å². The first kappa shape index (κ1) is 8.51. The standard InChI is InChI=1S/C5H10N4O/c6-2-1-4(3-7)5(10)9-8/h1-3H,6-8H2,(H,9,10)/b2-1-,4-3+. The van der Waals surface area contributed by atoms with Gasteiger partial charge in [0.1, 0.15) is 0 Å². The summed E-state index contributed by atoms with van der Waals surface area (Å²) in [6, 6.07) is 0. The highest BCUT2D eigenvalue weighted by Gasteiger charge is 2.00. The number of hydrogen-bond acceptors (Lipinski definition) is 4. The summed E-state index contributed by atoms with van der Waals surface area (Å²) >= 11 is 0. The van der Waals surface area contributed by atoms with Crippen LogP contribution in [-0.4, -0.2) is 5.91 Å². The van der Waals surface area contributed by atoms with Gasteiger partial charge in [-0.3, -0.25) is 10.2 Å². The van der Waals surface area contributed by atoms with Gasteiger partial charge in [-0.05, 0) is 12.3 Å². The number of amides is 1. The van der Waals surface area contributed by atoms with Gasteiger partial charge in [0.15, 0.2) is 0 Å². The van der Waals surface area contributed by atoms with Crippen molar-refractivity contribution in [2.24, 2.45) is 17.3 Å². The molecule has 1 amide bonds. The highest BCUT2D eigenvalue weighted by atomic mass is 16.2. The molecule has 0 spiro atoms. The minimum absolute atomic E-state index is 0.227. The molecule has 10 heavy (non-hydrogen) atoms. The number of carbonyl (C=O) groups is 1. The fourth-order valence-corrected chi connectivity index (χ4v) is 0.394. The van der Waals surface area contributed by atoms with Gasteiger partial charge in [0, 0.05) is 6.20 Å². The van der Waals surface area contributed by atoms with Crippen LogP contribution in [0.3, 0.4) is 0 Å². The lowest BCUT2D eigenvalue weighted by Crippen LogP contribution is -2.31. The van der Waals surface area contributed by atoms with E-state index in [1.165, 1.54) is 12.3 Å². The number of nitrogens with two attached hydrogens (primary N) is 3. The van der Waals surface area contributed by atoms with Gasteiger partial charge in [-0.2, -0.15) is 0 Å². The van der Waals surface area contributed by atoms with Crippen LogP contribution >= 0.6 is 0 Å². The lowest BCUT2D eigenvalue weighted by atomic mass is 10.3. The zero-order chi connectivity index (χ0) is 7.98. The Labute approximate surface area is 58.5 Å². The molecule has 56 valence electrons. The van der Waals surface area contributed by atoms with Crippen LogP contribution in [0.1, 0.15) is 0 Å². The van der Waals surface area contributed by atoms with Crippen LogP contribution in [0.15, 0.2) is 24.0 Å². The number of hydrogen-bond donors (Lipinski definition) is 4. The van der Waals surface area contributed by atoms with Crippen LogP contribution in [0, 0.1) is 0 Å². The van der Waals surface area contributed by atoms with Crippen LogP contribution in [0.4, 0.5) is 0 Å². The summed E-state index contributed by atoms with van der Waals surface area (Å²) in [5, 5.41) is 0. The zero-order valence-corrected chi connectivity index (χ0v) is 5.37. The molecule has 0 saturated carbocycles. The van der Waals surface area contributed by atoms with Gasteiger partial charge in [-0.25, -0.2) is 5.84 Å². The molecule has 0 aliphatic heterocycles. The van der Waals surface area contributed by atoms with E-state index in [-0.39, 0.29) is 5.57 Å². The van der Waals surface area contributed by atoms with E-state index in [9.17, 15) is 4.79 Å². The van der Waals surface area contributed by atoms with Crippen molar-refractivity contribution in [3.8, 4) is 0 Å². The van der Waals surface area contributed by atoms with E-state index in [2.05, 4.69) is 0 Å². The normalized spacial score (nSPS) is 11.9. The Morgan fingerprint density at radius 1 is 1.40 bits per heavy atom. The van der Waals surface area contributed by atoms with Crippen molar-refractivity contribution in [2.75, 3.05) is 0 Å². The highest BCUT2D eigenvalue weighted by Crippen LogP contribution is 1.90. The molecule has 0 bridgehead atoms. The first-order chi connectivity index (χ1) is 4.76. The highest BCUT2D eigenvalue weighted by molar-refractivity contribution is 5.95. The Bertz CT molecular complexity index is 172. The molecule has 0 fully saturated rings. The van der Waals surface area contributed by atoms with E-state index < -0.39 is 5.91 Å². The second-order valence-electron chi connectivity index (χ2n) is 1.45. The summed E-state index contributed by atoms with van der Waals surface area (Å²) in [5.74, 6) is 4.34. The Kier molecular flexibility index (Phi) is 3.74. The Hall–Kier alpha value is -1.49. The molecule has 0 aliphatic carbocycles. The van der Waals surface area contributed by atoms with Crippen LogP contribution in [0.25, 0.3) is 0 Å². The quantitative estimate of drug-likeness (QED) is 0.121. The summed E-state index contributed by atoms with van der Waals surface area (Å²) in [5.41, 5.74) is 12.2. The van der Waals surface area contributed by atoms with Gasteiger partial charge in [0.25, 0.3) is 5.91 Å². The van der Waals surface area contributed by atoms with Crippen molar-refractivity contribution in [1.29, 1.82) is 0 Å². The van der Waals surface area contributed by atoms with E-state index in [0.717, 1.165) is 6.20 Å². The van der Waals surface area contributed by atoms with E-state index >= 15 is 0 Å². The van der Waals surface area contributed by atoms with Crippen molar-refractivity contribution in [3.63, 3.8) is 0 Å². The van der Waals surface area contributed by atoms with Crippen molar-refractivity contribution >= 4 is 5.91 Å². The molecule has 0 aromatic carbocycles. The molecule has 5 heteroatoms. The molecular weight excluding hydrogens is 132 g/mol. The predicted octanol–water partition coefficient (Wildman–Crippen LogP) is -1.71. The lowest BCUT2D eigenvalue weighted by Gasteiger charge is -1.96. The van der Waals surface area contributed by atoms with Gasteiger partial charge in [0.2, 0.25) is 0 Å². The largest absolute Gasteiger partial charge is 0.405 e. The molecule has 0 heterocycles. The molecule has 0 aliphatic rings. The third-order valence-corrected chi connectivity index (χ3v) is 0.849. The summed E-state index contributed by atoms with van der Waals surface area (Å²) in [4.78, 5) is 10.6. The fraction of sp³-hybridized carbons (Fsp3) is 0. The fourth-order valence-electron chi connectivity index (χ4n) is 0.394. The first-order valence-corrected chi connectivity index (χ1v) is 2.57. The van der Waals surface area contributed by atoms with E-state index in [4.69, 9.17) is 17.3 Å². The SMILES string of the molecule is N/C=C\C(=C/N)C(=O)NN. The van der Waals surface area contributed by atoms with E-state index in [1.54, 1.807) is 0 Å². The Balaban J connectivity index is 4.23. The number of hydrazine groups is 1. The molecule has 0 saturated heterocycles. The first-order valence-electron chi connectivity index (χ1n) is 2.57. The molecule has 0 radical (unpaired) electrons. The lowest BCUT2D eigenvalue weighted by molar-refractivity contribution is -0.117. The van der Waals surface area contributed by atoms with Crippen molar-refractivity contribution in [3.05, 3.63) is 24.0 Å². The summed E-state index contributed by atoms with van der Waals surface area (Å²) in [7, 11) is 0. The molecular formula is C5H10N4O. The van der Waals surface area contributed by atoms with Crippen LogP contribution < -0.4 is 22.7 Å². The maximum absolute atomic E-state index is 10.6. The average Bonchev–Trinajstić information content (AvgIpc) is 1.99. The zero-order valence-electron chi connectivity index (χ0n) is 5.37. The van der Waals surface area contributed by atoms with Crippen LogP contribution in [0.2, 0.25) is 0 Å². The molecule has 7 N–H and O–H groups in total. The molecule has 0 rings (SSSR count). The van der Waals surface area contributed by atoms with Gasteiger partial charge in [-0.15, -0.1) is 0 Å². The second-order valence-corrected chi connectivity index (χ2v) is 1.45. The molecule has 0 aromatic heterocycles. The monoisotopic (exact) mass is 142 g/mol. The van der Waals surface area contributed by atoms with Crippen molar-refractivity contribution in [1.82, 2.24) is 5.43 Å². The Morgan fingerprint density at radius 2 is 2.00 bits per heavy atom. The summed E-state index contributed by atoms with van der Waals surface area (Å²) < 4.78 is 0. The molecule has 0 atom stereocenters. The summed E-state index contributed by atoms with van der Waals surface area (Å²) in [6.45, 7) is 0. The van der Waals surface area contributed by atoms with Gasteiger partial charge < -0.3 is 11.5 Å². The van der Waals surface area contributed by atoms with Crippen LogP contribution in [-0.2, 0) is 4.79 Å². The van der Waals surface area contributed by atoms with Crippen molar-refractivity contribution < 1.29 is 4.79 Å². The third kappa shape index (κ3) is 2.19. The van der Waals surface area contributed by atoms with Crippen molar-refractivity contribution in [2.45, 2.75) is 0 Å². The number of carbonyl (C=O) groups excluding carboxylic acids is 1. The molecule has 0 aromatic rings. The third-order valence-electron chi connectivity index (χ3n) is 0.849. The average molecular weight is 142 g/mol. The van der Waals surface area contributed by atoms with Gasteiger partial charge in [0.05, 0.1) is 5.57 Å². The maximum Gasteiger partial charge on any atom is 0.266 e. The van der Waals surface area contributed by atoms with Gasteiger partial charge >= 0.3 is 0 Å². The molecule has 0 unspecified atom stereocenters. The number of rotatable bonds is 2. The van der Waals surface area contributed by atoms with Gasteiger partial charge in [-0.1, -0.05) is 0 Å². The second kappa shape index (κ2) is 4.39. The molecule has 5 nitrogen and oxygen atoms in total. The number of nitrogens with one attached hydrogen (secondary N) is 1. The van der Waals surface area contributed by atoms with Crippen LogP contribution in [0.5, 0.6) is 0 Å².